The highest BCUT2D eigenvalue weighted by Crippen LogP contribution is 2.56. The number of nitrogens with zero attached hydrogens (tertiary/aromatic N) is 2. The number of hydrogen-bond acceptors (Lipinski definition) is 5. The van der Waals surface area contributed by atoms with Gasteiger partial charge in [-0.05, 0) is 72.3 Å². The van der Waals surface area contributed by atoms with Crippen LogP contribution < -0.4 is 11.1 Å². The second-order valence-electron chi connectivity index (χ2n) is 7.19. The van der Waals surface area contributed by atoms with Gasteiger partial charge in [0.1, 0.15) is 5.69 Å². The summed E-state index contributed by atoms with van der Waals surface area (Å²) in [6, 6.07) is 5.50. The molecule has 1 atom stereocenters. The lowest BCUT2D eigenvalue weighted by atomic mass is 9.93. The highest BCUT2D eigenvalue weighted by molar-refractivity contribution is 7.07. The van der Waals surface area contributed by atoms with Gasteiger partial charge in [0.2, 0.25) is 0 Å². The van der Waals surface area contributed by atoms with Crippen molar-refractivity contribution in [1.82, 2.24) is 15.2 Å². The van der Waals surface area contributed by atoms with Gasteiger partial charge in [0.15, 0.2) is 0 Å². The van der Waals surface area contributed by atoms with Gasteiger partial charge >= 0.3 is 0 Å². The van der Waals surface area contributed by atoms with Crippen LogP contribution in [0.1, 0.15) is 45.7 Å². The molecule has 3 N–H and O–H groups in total. The third-order valence-corrected chi connectivity index (χ3v) is 6.31. The molecule has 1 aliphatic carbocycles. The number of piperidine rings is 1. The van der Waals surface area contributed by atoms with E-state index in [1.54, 1.807) is 17.4 Å². The molecular formula is C19H22N4O2S. The van der Waals surface area contributed by atoms with E-state index in [1.807, 2.05) is 10.3 Å². The molecule has 4 rings (SSSR count). The zero-order valence-corrected chi connectivity index (χ0v) is 15.3. The maximum absolute atomic E-state index is 13.2. The molecule has 0 aromatic carbocycles. The van der Waals surface area contributed by atoms with Crippen LogP contribution in [0.5, 0.6) is 0 Å². The van der Waals surface area contributed by atoms with Gasteiger partial charge in [0, 0.05) is 18.8 Å². The molecule has 6 nitrogen and oxygen atoms in total. The Morgan fingerprint density at radius 3 is 2.73 bits per heavy atom. The van der Waals surface area contributed by atoms with Gasteiger partial charge in [0.05, 0.1) is 5.56 Å². The fourth-order valence-electron chi connectivity index (χ4n) is 3.96. The Labute approximate surface area is 156 Å². The molecule has 0 bridgehead atoms. The molecule has 1 spiro atoms. The predicted octanol–water partition coefficient (Wildman–Crippen LogP) is 2.03. The van der Waals surface area contributed by atoms with Crippen LogP contribution in [0.4, 0.5) is 0 Å². The summed E-state index contributed by atoms with van der Waals surface area (Å²) in [6.45, 7) is 2.65. The van der Waals surface area contributed by atoms with Crippen LogP contribution in [0, 0.1) is 5.41 Å². The lowest BCUT2D eigenvalue weighted by Crippen LogP contribution is -2.39. The first kappa shape index (κ1) is 17.2. The van der Waals surface area contributed by atoms with Crippen LogP contribution in [-0.4, -0.2) is 40.8 Å². The Morgan fingerprint density at radius 1 is 1.31 bits per heavy atom. The van der Waals surface area contributed by atoms with E-state index in [-0.39, 0.29) is 23.1 Å². The van der Waals surface area contributed by atoms with Gasteiger partial charge in [-0.15, -0.1) is 0 Å². The normalized spacial score (nSPS) is 20.7. The van der Waals surface area contributed by atoms with E-state index in [9.17, 15) is 9.59 Å². The van der Waals surface area contributed by atoms with Crippen LogP contribution in [0.3, 0.4) is 0 Å². The largest absolute Gasteiger partial charge is 0.364 e. The molecule has 1 saturated heterocycles. The van der Waals surface area contributed by atoms with Crippen LogP contribution in [0.15, 0.2) is 35.2 Å². The van der Waals surface area contributed by atoms with Crippen LogP contribution >= 0.6 is 11.3 Å². The van der Waals surface area contributed by atoms with E-state index in [1.165, 1.54) is 12.3 Å². The van der Waals surface area contributed by atoms with E-state index < -0.39 is 5.91 Å². The summed E-state index contributed by atoms with van der Waals surface area (Å²) >= 11 is 1.64. The molecule has 7 heteroatoms. The molecule has 0 radical (unpaired) electrons. The topological polar surface area (TPSA) is 88.3 Å². The predicted molar refractivity (Wildman–Crippen MR) is 99.9 cm³/mol. The number of amides is 2. The molecule has 1 aliphatic heterocycles. The van der Waals surface area contributed by atoms with Crippen LogP contribution in [0.25, 0.3) is 0 Å². The summed E-state index contributed by atoms with van der Waals surface area (Å²) in [7, 11) is 0. The number of nitrogens with one attached hydrogen (secondary N) is 1. The van der Waals surface area contributed by atoms with Crippen LogP contribution in [0.2, 0.25) is 0 Å². The van der Waals surface area contributed by atoms with E-state index in [2.05, 4.69) is 21.7 Å². The Morgan fingerprint density at radius 2 is 2.12 bits per heavy atom. The Balaban J connectivity index is 1.58. The van der Waals surface area contributed by atoms with E-state index in [4.69, 9.17) is 5.73 Å². The molecule has 2 aliphatic rings. The number of carbonyl (C=O) groups excluding carboxylic acids is 2. The zero-order chi connectivity index (χ0) is 18.1. The number of aromatic nitrogens is 1. The number of primary amides is 1. The average molecular weight is 370 g/mol. The lowest BCUT2D eigenvalue weighted by Gasteiger charge is -2.29. The van der Waals surface area contributed by atoms with E-state index in [0.29, 0.717) is 12.1 Å². The molecule has 136 valence electrons. The number of hydrogen-bond donors (Lipinski definition) is 2. The molecule has 2 aromatic heterocycles. The molecule has 2 fully saturated rings. The second-order valence-corrected chi connectivity index (χ2v) is 7.97. The molecule has 2 aromatic rings. The fraction of sp³-hybridized carbons (Fsp3) is 0.421. The average Bonchev–Trinajstić information content (AvgIpc) is 3.08. The summed E-state index contributed by atoms with van der Waals surface area (Å²) in [5.74, 6) is -0.616. The number of rotatable bonds is 5. The minimum atomic E-state index is -0.588. The van der Waals surface area contributed by atoms with E-state index >= 15 is 0 Å². The van der Waals surface area contributed by atoms with Crippen molar-refractivity contribution in [1.29, 1.82) is 0 Å². The summed E-state index contributed by atoms with van der Waals surface area (Å²) in [5.41, 5.74) is 7.33. The highest BCUT2D eigenvalue weighted by Gasteiger charge is 2.57. The van der Waals surface area contributed by atoms with Crippen molar-refractivity contribution in [2.45, 2.75) is 31.8 Å². The Hall–Kier alpha value is -2.25. The van der Waals surface area contributed by atoms with Crippen molar-refractivity contribution in [2.24, 2.45) is 11.1 Å². The van der Waals surface area contributed by atoms with Crippen molar-refractivity contribution in [3.05, 3.63) is 52.0 Å². The van der Waals surface area contributed by atoms with Gasteiger partial charge in [-0.1, -0.05) is 0 Å². The molecule has 3 heterocycles. The van der Waals surface area contributed by atoms with Gasteiger partial charge in [-0.2, -0.15) is 11.3 Å². The first-order valence-corrected chi connectivity index (χ1v) is 9.82. The standard InChI is InChI=1S/C19H22N4O2S/c20-17(24)15-2-1-14(10-22-15)18(25)23(11-13-3-8-26-12-13)16-9-19(16)4-6-21-7-5-19/h1-3,8,10,12,16,21H,4-7,9,11H2,(H2,20,24)/t16-/m0/s1. The van der Waals surface area contributed by atoms with Crippen molar-refractivity contribution in [2.75, 3.05) is 13.1 Å². The minimum Gasteiger partial charge on any atom is -0.364 e. The summed E-state index contributed by atoms with van der Waals surface area (Å²) in [5, 5.41) is 7.53. The van der Waals surface area contributed by atoms with Crippen LogP contribution in [-0.2, 0) is 6.54 Å². The van der Waals surface area contributed by atoms with E-state index in [0.717, 1.165) is 37.9 Å². The molecular weight excluding hydrogens is 348 g/mol. The Bertz CT molecular complexity index is 797. The maximum Gasteiger partial charge on any atom is 0.267 e. The summed E-state index contributed by atoms with van der Waals surface area (Å²) in [6.07, 6.45) is 4.76. The van der Waals surface area contributed by atoms with Crippen molar-refractivity contribution in [3.8, 4) is 0 Å². The molecule has 2 amide bonds. The molecule has 26 heavy (non-hydrogen) atoms. The Kier molecular flexibility index (Phi) is 4.50. The monoisotopic (exact) mass is 370 g/mol. The SMILES string of the molecule is NC(=O)c1ccc(C(=O)N(Cc2ccsc2)[C@H]2CC23CCNCC3)cn1. The molecule has 0 unspecified atom stereocenters. The third kappa shape index (κ3) is 3.24. The van der Waals surface area contributed by atoms with Gasteiger partial charge in [0.25, 0.3) is 11.8 Å². The number of pyridine rings is 1. The summed E-state index contributed by atoms with van der Waals surface area (Å²) < 4.78 is 0. The van der Waals surface area contributed by atoms with Crippen molar-refractivity contribution < 1.29 is 9.59 Å². The maximum atomic E-state index is 13.2. The van der Waals surface area contributed by atoms with Gasteiger partial charge in [-0.3, -0.25) is 14.6 Å². The minimum absolute atomic E-state index is 0.0277. The lowest BCUT2D eigenvalue weighted by molar-refractivity contribution is 0.0691. The quantitative estimate of drug-likeness (QED) is 0.843. The number of thiophene rings is 1. The first-order chi connectivity index (χ1) is 12.6. The number of nitrogens with two attached hydrogens (primary N) is 1. The smallest absolute Gasteiger partial charge is 0.267 e. The van der Waals surface area contributed by atoms with Crippen molar-refractivity contribution in [3.63, 3.8) is 0 Å². The summed E-state index contributed by atoms with van der Waals surface area (Å²) in [4.78, 5) is 30.5. The van der Waals surface area contributed by atoms with Gasteiger partial charge < -0.3 is 16.0 Å². The van der Waals surface area contributed by atoms with Gasteiger partial charge in [-0.25, -0.2) is 0 Å². The molecule has 1 saturated carbocycles. The fourth-order valence-corrected chi connectivity index (χ4v) is 4.62. The first-order valence-electron chi connectivity index (χ1n) is 8.88. The van der Waals surface area contributed by atoms with Crippen molar-refractivity contribution >= 4 is 23.2 Å². The highest BCUT2D eigenvalue weighted by atomic mass is 32.1. The zero-order valence-electron chi connectivity index (χ0n) is 14.5. The second kappa shape index (κ2) is 6.81. The third-order valence-electron chi connectivity index (χ3n) is 5.58. The number of carbonyl (C=O) groups is 2.